The number of methoxy groups -OCH3 is 2. The van der Waals surface area contributed by atoms with E-state index in [0.717, 1.165) is 22.9 Å². The van der Waals surface area contributed by atoms with Gasteiger partial charge in [0.2, 0.25) is 0 Å². The summed E-state index contributed by atoms with van der Waals surface area (Å²) in [5.74, 6) is 1.66. The van der Waals surface area contributed by atoms with E-state index in [2.05, 4.69) is 139 Å². The molecule has 0 saturated heterocycles. The summed E-state index contributed by atoms with van der Waals surface area (Å²) >= 11 is 0. The van der Waals surface area contributed by atoms with Gasteiger partial charge in [-0.2, -0.15) is 0 Å². The van der Waals surface area contributed by atoms with E-state index in [9.17, 15) is 0 Å². The van der Waals surface area contributed by atoms with Crippen molar-refractivity contribution >= 4 is 41.5 Å². The molecular weight excluding hydrogens is 476 g/mol. The first-order valence-electron chi connectivity index (χ1n) is 12.5. The molecule has 182 valence electrons. The summed E-state index contributed by atoms with van der Waals surface area (Å²) in [4.78, 5) is 0. The Morgan fingerprint density at radius 2 is 0.973 bits per heavy atom. The summed E-state index contributed by atoms with van der Waals surface area (Å²) in [7, 11) is -1.56. The fraction of sp³-hybridized carbons (Fsp3) is 0.0667. The number of para-hydroxylation sites is 2. The number of fused-ring (bicyclic) bond motifs is 5. The van der Waals surface area contributed by atoms with Gasteiger partial charge in [0.15, 0.2) is 0 Å². The third kappa shape index (κ3) is 1.70. The Morgan fingerprint density at radius 3 is 1.38 bits per heavy atom. The predicted molar refractivity (Wildman–Crippen MR) is 147 cm³/mol. The summed E-state index contributed by atoms with van der Waals surface area (Å²) in [5, 5.41) is 2.41. The molecule has 1 spiro atoms. The fourth-order valence-electron chi connectivity index (χ4n) is 8.01. The number of nitrogens with zero attached hydrogens (tertiary/aromatic N) is 4. The van der Waals surface area contributed by atoms with Crippen LogP contribution in [-0.2, 0) is 0 Å². The standard InChI is InChI=1S/C30H26N4O2Si/c1-35-25-11-15-27(16-12-25)37(28-17-13-26(36-2)14-18-28)31-19-5-7-23(31)21-33(37)29-9-3-4-10-30(29)34(37)22-24-8-6-20-32(24)37/h3-22H,1-2H3. The van der Waals surface area contributed by atoms with Crippen LogP contribution >= 0.6 is 0 Å². The van der Waals surface area contributed by atoms with Crippen molar-refractivity contribution in [1.29, 1.82) is 0 Å². The van der Waals surface area contributed by atoms with Crippen LogP contribution < -0.4 is 19.8 Å². The van der Waals surface area contributed by atoms with Crippen LogP contribution in [0.15, 0.2) is 109 Å². The molecule has 0 saturated carbocycles. The van der Waals surface area contributed by atoms with E-state index < -0.39 is 7.27 Å². The van der Waals surface area contributed by atoms with Crippen LogP contribution in [0.2, 0.25) is 0 Å². The van der Waals surface area contributed by atoms with Gasteiger partial charge < -0.3 is 0 Å². The second-order valence-corrected chi connectivity index (χ2v) is 16.5. The Kier molecular flexibility index (Phi) is 3.44. The van der Waals surface area contributed by atoms with Crippen molar-refractivity contribution in [3.63, 3.8) is 0 Å². The zero-order valence-corrected chi connectivity index (χ0v) is 21.7. The fourth-order valence-corrected chi connectivity index (χ4v) is 18.5. The minimum absolute atomic E-state index is 0.830. The Hall–Kier alpha value is -4.62. The van der Waals surface area contributed by atoms with Crippen LogP contribution in [0.3, 0.4) is 0 Å². The summed E-state index contributed by atoms with van der Waals surface area (Å²) in [6.45, 7) is 0. The van der Waals surface area contributed by atoms with E-state index in [1.807, 2.05) is 0 Å². The van der Waals surface area contributed by atoms with Gasteiger partial charge in [-0.25, -0.2) is 0 Å². The summed E-state index contributed by atoms with van der Waals surface area (Å²) in [6, 6.07) is 34.9. The van der Waals surface area contributed by atoms with Gasteiger partial charge in [0, 0.05) is 0 Å². The third-order valence-corrected chi connectivity index (χ3v) is 18.6. The van der Waals surface area contributed by atoms with Gasteiger partial charge in [-0.05, 0) is 0 Å². The Morgan fingerprint density at radius 1 is 0.541 bits per heavy atom. The molecule has 0 N–H and O–H groups in total. The van der Waals surface area contributed by atoms with Crippen molar-refractivity contribution in [3.05, 3.63) is 121 Å². The normalized spacial score (nSPS) is 19.9. The minimum atomic E-state index is -4.99. The average molecular weight is 503 g/mol. The molecular formula is C30H26N4O2Si. The van der Waals surface area contributed by atoms with Crippen LogP contribution in [0, 0.1) is 0 Å². The second kappa shape index (κ2) is 6.19. The predicted octanol–water partition coefficient (Wildman–Crippen LogP) is 3.73. The summed E-state index contributed by atoms with van der Waals surface area (Å²) in [6.07, 6.45) is 9.18. The van der Waals surface area contributed by atoms with E-state index in [1.54, 1.807) is 14.2 Å². The molecule has 0 bridgehead atoms. The Labute approximate surface area is 214 Å². The topological polar surface area (TPSA) is 34.3 Å². The maximum atomic E-state index is 5.63. The molecule has 6 nitrogen and oxygen atoms in total. The second-order valence-electron chi connectivity index (χ2n) is 10.2. The summed E-state index contributed by atoms with van der Waals surface area (Å²) in [5.41, 5.74) is 4.67. The first kappa shape index (κ1) is 20.6. The molecule has 3 aliphatic rings. The van der Waals surface area contributed by atoms with E-state index in [1.165, 1.54) is 21.7 Å². The molecule has 5 heterocycles. The van der Waals surface area contributed by atoms with Crippen LogP contribution in [0.1, 0.15) is 11.4 Å². The third-order valence-electron chi connectivity index (χ3n) is 9.24. The van der Waals surface area contributed by atoms with Gasteiger partial charge in [0.05, 0.1) is 0 Å². The molecule has 0 amide bonds. The number of aromatic nitrogens is 2. The molecule has 0 atom stereocenters. The Balaban J connectivity index is 1.74. The molecule has 0 fully saturated rings. The van der Waals surface area contributed by atoms with Crippen LogP contribution in [0.25, 0.3) is 0 Å². The number of hydrogen-bond donors (Lipinski definition) is 0. The van der Waals surface area contributed by atoms with Crippen LogP contribution in [-0.4, -0.2) is 50.9 Å². The number of rotatable bonds is 4. The molecule has 3 aromatic carbocycles. The first-order chi connectivity index (χ1) is 18.2. The van der Waals surface area contributed by atoms with Gasteiger partial charge >= 0.3 is 214 Å². The molecule has 0 aliphatic carbocycles. The van der Waals surface area contributed by atoms with E-state index in [4.69, 9.17) is 9.47 Å². The zero-order chi connectivity index (χ0) is 24.9. The van der Waals surface area contributed by atoms with Gasteiger partial charge in [-0.15, -0.1) is 0 Å². The van der Waals surface area contributed by atoms with Gasteiger partial charge in [0.1, 0.15) is 0 Å². The monoisotopic (exact) mass is 502 g/mol. The molecule has 0 unspecified atom stereocenters. The van der Waals surface area contributed by atoms with Gasteiger partial charge in [-0.3, -0.25) is 0 Å². The van der Waals surface area contributed by atoms with Crippen LogP contribution in [0.4, 0.5) is 11.4 Å². The molecule has 7 heteroatoms. The Bertz CT molecular complexity index is 1700. The van der Waals surface area contributed by atoms with Crippen molar-refractivity contribution in [3.8, 4) is 11.5 Å². The number of hydrogen-bond acceptors (Lipinski definition) is 2. The maximum absolute atomic E-state index is 5.63. The molecule has 3 aliphatic heterocycles. The van der Waals surface area contributed by atoms with Crippen LogP contribution in [0.5, 0.6) is 11.5 Å². The van der Waals surface area contributed by atoms with E-state index in [0.29, 0.717) is 0 Å². The van der Waals surface area contributed by atoms with Crippen molar-refractivity contribution in [2.45, 2.75) is 0 Å². The first-order valence-corrected chi connectivity index (χ1v) is 15.3. The molecule has 2 aromatic heterocycles. The van der Waals surface area contributed by atoms with Gasteiger partial charge in [0.25, 0.3) is 0 Å². The van der Waals surface area contributed by atoms with E-state index in [-0.39, 0.29) is 0 Å². The number of benzene rings is 3. The van der Waals surface area contributed by atoms with Gasteiger partial charge in [-0.1, -0.05) is 0 Å². The number of ether oxygens (including phenoxy) is 2. The van der Waals surface area contributed by atoms with E-state index >= 15 is 0 Å². The average Bonchev–Trinajstić information content (AvgIpc) is 3.74. The SMILES string of the molecule is COc1ccc([Si-2]234(c5ccc(OC)cc5)n5cccc5C=[N+]2c2ccccc2[N+]3=Cc2cccn24)cc1. The molecule has 0 radical (unpaired) electrons. The quantitative estimate of drug-likeness (QED) is 0.351. The zero-order valence-electron chi connectivity index (χ0n) is 20.7. The van der Waals surface area contributed by atoms with Crippen molar-refractivity contribution in [2.24, 2.45) is 0 Å². The van der Waals surface area contributed by atoms with Crippen molar-refractivity contribution < 1.29 is 18.0 Å². The summed E-state index contributed by atoms with van der Waals surface area (Å²) < 4.78 is 21.6. The molecule has 37 heavy (non-hydrogen) atoms. The van der Waals surface area contributed by atoms with Crippen molar-refractivity contribution in [2.75, 3.05) is 14.2 Å². The molecule has 5 aromatic rings. The van der Waals surface area contributed by atoms with Crippen molar-refractivity contribution in [1.82, 2.24) is 8.47 Å². The molecule has 8 rings (SSSR count).